The molecular formula is C57H35N5S. The van der Waals surface area contributed by atoms with Crippen LogP contribution in [0.3, 0.4) is 0 Å². The lowest BCUT2D eigenvalue weighted by Crippen LogP contribution is -1.98. The van der Waals surface area contributed by atoms with Crippen LogP contribution in [0.2, 0.25) is 0 Å². The quantitative estimate of drug-likeness (QED) is 0.168. The van der Waals surface area contributed by atoms with E-state index in [1.54, 1.807) is 11.3 Å². The molecule has 0 spiro atoms. The number of pyridine rings is 3. The average molecular weight is 822 g/mol. The van der Waals surface area contributed by atoms with E-state index in [4.69, 9.17) is 15.0 Å². The van der Waals surface area contributed by atoms with Gasteiger partial charge in [0.25, 0.3) is 0 Å². The molecule has 0 atom stereocenters. The van der Waals surface area contributed by atoms with Gasteiger partial charge in [-0.05, 0) is 90.0 Å². The Morgan fingerprint density at radius 2 is 0.952 bits per heavy atom. The SMILES string of the molecule is c1ccc(-c2cc(-n3c4ccccc4c4cc(-c5cncc(-c6ccc7c8ccccc8n(-c8ccc9sc%10cccnc%10c9c8)c7c6)c5)ccc43)cc(-c3ccccc3)n2)cc1. The zero-order valence-electron chi connectivity index (χ0n) is 33.9. The molecule has 13 aromatic rings. The smallest absolute Gasteiger partial charge is 0.0889 e. The molecule has 0 aliphatic carbocycles. The number of nitrogens with zero attached hydrogens (tertiary/aromatic N) is 5. The first-order valence-corrected chi connectivity index (χ1v) is 22.0. The van der Waals surface area contributed by atoms with Crippen LogP contribution in [0.5, 0.6) is 0 Å². The summed E-state index contributed by atoms with van der Waals surface area (Å²) in [7, 11) is 0. The number of hydrogen-bond donors (Lipinski definition) is 0. The Morgan fingerprint density at radius 3 is 1.68 bits per heavy atom. The lowest BCUT2D eigenvalue weighted by atomic mass is 9.99. The highest BCUT2D eigenvalue weighted by molar-refractivity contribution is 7.25. The van der Waals surface area contributed by atoms with Gasteiger partial charge in [0.1, 0.15) is 0 Å². The third-order valence-electron chi connectivity index (χ3n) is 12.4. The lowest BCUT2D eigenvalue weighted by Gasteiger charge is -2.13. The van der Waals surface area contributed by atoms with Crippen LogP contribution >= 0.6 is 11.3 Å². The van der Waals surface area contributed by atoms with Gasteiger partial charge in [-0.25, -0.2) is 4.98 Å². The molecule has 0 aliphatic heterocycles. The number of hydrogen-bond acceptors (Lipinski definition) is 4. The number of para-hydroxylation sites is 2. The van der Waals surface area contributed by atoms with Crippen molar-refractivity contribution >= 4 is 75.3 Å². The third-order valence-corrected chi connectivity index (χ3v) is 13.6. The molecule has 0 aliphatic rings. The van der Waals surface area contributed by atoms with Crippen molar-refractivity contribution < 1.29 is 0 Å². The van der Waals surface area contributed by atoms with Gasteiger partial charge >= 0.3 is 0 Å². The first kappa shape index (κ1) is 35.6. The Bertz CT molecular complexity index is 3860. The first-order valence-electron chi connectivity index (χ1n) is 21.2. The molecule has 0 fully saturated rings. The summed E-state index contributed by atoms with van der Waals surface area (Å²) in [6.45, 7) is 0. The van der Waals surface area contributed by atoms with E-state index in [-0.39, 0.29) is 0 Å². The topological polar surface area (TPSA) is 48.5 Å². The molecule has 0 unspecified atom stereocenters. The minimum atomic E-state index is 0.936. The maximum absolute atomic E-state index is 5.17. The van der Waals surface area contributed by atoms with Crippen LogP contribution in [-0.2, 0) is 0 Å². The van der Waals surface area contributed by atoms with E-state index < -0.39 is 0 Å². The lowest BCUT2D eigenvalue weighted by molar-refractivity contribution is 1.16. The van der Waals surface area contributed by atoms with Gasteiger partial charge < -0.3 is 9.13 Å². The summed E-state index contributed by atoms with van der Waals surface area (Å²) >= 11 is 1.79. The summed E-state index contributed by atoms with van der Waals surface area (Å²) in [4.78, 5) is 14.8. The molecule has 6 heterocycles. The van der Waals surface area contributed by atoms with Crippen molar-refractivity contribution in [2.45, 2.75) is 0 Å². The Hall–Kier alpha value is -8.19. The summed E-state index contributed by atoms with van der Waals surface area (Å²) in [5, 5.41) is 6.01. The van der Waals surface area contributed by atoms with Crippen molar-refractivity contribution in [1.29, 1.82) is 0 Å². The molecule has 13 rings (SSSR count). The van der Waals surface area contributed by atoms with Gasteiger partial charge in [-0.1, -0.05) is 115 Å². The van der Waals surface area contributed by atoms with Crippen LogP contribution < -0.4 is 0 Å². The minimum absolute atomic E-state index is 0.936. The van der Waals surface area contributed by atoms with Crippen LogP contribution in [0, 0.1) is 0 Å². The molecule has 0 saturated carbocycles. The van der Waals surface area contributed by atoms with E-state index >= 15 is 0 Å². The third kappa shape index (κ3) is 5.80. The Kier molecular flexibility index (Phi) is 8.01. The molecular weight excluding hydrogens is 787 g/mol. The van der Waals surface area contributed by atoms with E-state index in [2.05, 4.69) is 185 Å². The molecule has 0 radical (unpaired) electrons. The van der Waals surface area contributed by atoms with E-state index in [1.807, 2.05) is 36.8 Å². The van der Waals surface area contributed by atoms with Gasteiger partial charge in [0.05, 0.1) is 49.4 Å². The molecule has 63 heavy (non-hydrogen) atoms. The summed E-state index contributed by atoms with van der Waals surface area (Å²) in [5.74, 6) is 0. The fraction of sp³-hybridized carbons (Fsp3) is 0. The summed E-state index contributed by atoms with van der Waals surface area (Å²) in [6.07, 6.45) is 5.85. The largest absolute Gasteiger partial charge is 0.309 e. The van der Waals surface area contributed by atoms with Gasteiger partial charge in [0, 0.05) is 78.2 Å². The average Bonchev–Trinajstić information content (AvgIpc) is 4.01. The van der Waals surface area contributed by atoms with E-state index in [0.717, 1.165) is 78.2 Å². The van der Waals surface area contributed by atoms with Gasteiger partial charge in [0.2, 0.25) is 0 Å². The van der Waals surface area contributed by atoms with Crippen molar-refractivity contribution in [3.63, 3.8) is 0 Å². The molecule has 6 aromatic heterocycles. The standard InChI is InChI=1S/C57H35N5S/c1-3-12-36(13-4-1)49-32-43(33-50(60-49)37-14-5-2-6-15-37)62-52-19-10-8-17-45(52)47-29-38(22-25-53(47)62)40-28-41(35-58-34-40)39-21-24-46-44-16-7-9-18-51(44)61(54(46)30-39)42-23-26-55-48(31-42)57-56(63-55)20-11-27-59-57/h1-35H. The van der Waals surface area contributed by atoms with Crippen molar-refractivity contribution in [1.82, 2.24) is 24.1 Å². The van der Waals surface area contributed by atoms with Crippen LogP contribution in [0.1, 0.15) is 0 Å². The van der Waals surface area contributed by atoms with Crippen LogP contribution in [0.25, 0.3) is 120 Å². The second-order valence-electron chi connectivity index (χ2n) is 16.1. The molecule has 0 N–H and O–H groups in total. The number of rotatable bonds is 6. The molecule has 7 aromatic carbocycles. The molecule has 5 nitrogen and oxygen atoms in total. The second kappa shape index (κ2) is 14.2. The summed E-state index contributed by atoms with van der Waals surface area (Å²) in [5.41, 5.74) is 16.2. The monoisotopic (exact) mass is 821 g/mol. The van der Waals surface area contributed by atoms with Crippen LogP contribution in [-0.4, -0.2) is 24.1 Å². The van der Waals surface area contributed by atoms with E-state index in [0.29, 0.717) is 0 Å². The van der Waals surface area contributed by atoms with Crippen molar-refractivity contribution in [2.24, 2.45) is 0 Å². The van der Waals surface area contributed by atoms with Gasteiger partial charge in [-0.2, -0.15) is 0 Å². The zero-order valence-corrected chi connectivity index (χ0v) is 34.7. The predicted molar refractivity (Wildman–Crippen MR) is 263 cm³/mol. The van der Waals surface area contributed by atoms with Crippen LogP contribution in [0.15, 0.2) is 213 Å². The van der Waals surface area contributed by atoms with Crippen molar-refractivity contribution in [2.75, 3.05) is 0 Å². The molecule has 6 heteroatoms. The maximum Gasteiger partial charge on any atom is 0.0889 e. The minimum Gasteiger partial charge on any atom is -0.309 e. The fourth-order valence-corrected chi connectivity index (χ4v) is 10.5. The second-order valence-corrected chi connectivity index (χ2v) is 17.2. The Balaban J connectivity index is 0.937. The van der Waals surface area contributed by atoms with E-state index in [1.165, 1.54) is 41.8 Å². The molecule has 0 bridgehead atoms. The molecule has 294 valence electrons. The van der Waals surface area contributed by atoms with Gasteiger partial charge in [-0.15, -0.1) is 11.3 Å². The number of aromatic nitrogens is 5. The Labute approximate surface area is 366 Å². The molecule has 0 amide bonds. The summed E-state index contributed by atoms with van der Waals surface area (Å²) < 4.78 is 7.23. The van der Waals surface area contributed by atoms with E-state index in [9.17, 15) is 0 Å². The maximum atomic E-state index is 5.17. The van der Waals surface area contributed by atoms with Gasteiger partial charge in [-0.3, -0.25) is 9.97 Å². The first-order chi connectivity index (χ1) is 31.2. The highest BCUT2D eigenvalue weighted by atomic mass is 32.1. The Morgan fingerprint density at radius 1 is 0.349 bits per heavy atom. The molecule has 0 saturated heterocycles. The number of benzene rings is 7. The number of fused-ring (bicyclic) bond motifs is 9. The summed E-state index contributed by atoms with van der Waals surface area (Å²) in [6, 6.07) is 69.6. The van der Waals surface area contributed by atoms with Crippen molar-refractivity contribution in [3.8, 4) is 56.1 Å². The van der Waals surface area contributed by atoms with Crippen LogP contribution in [0.4, 0.5) is 0 Å². The zero-order chi connectivity index (χ0) is 41.4. The normalized spacial score (nSPS) is 11.8. The fourth-order valence-electron chi connectivity index (χ4n) is 9.50. The van der Waals surface area contributed by atoms with Crippen molar-refractivity contribution in [3.05, 3.63) is 213 Å². The predicted octanol–water partition coefficient (Wildman–Crippen LogP) is 15.1. The number of thiophene rings is 1. The highest BCUT2D eigenvalue weighted by Gasteiger charge is 2.18. The van der Waals surface area contributed by atoms with Gasteiger partial charge in [0.15, 0.2) is 0 Å². The highest BCUT2D eigenvalue weighted by Crippen LogP contribution is 2.40.